The molecule has 0 aliphatic carbocycles. The Bertz CT molecular complexity index is 620. The van der Waals surface area contributed by atoms with Gasteiger partial charge < -0.3 is 14.1 Å². The molecule has 20 heavy (non-hydrogen) atoms. The van der Waals surface area contributed by atoms with E-state index in [-0.39, 0.29) is 5.82 Å². The molecule has 5 heteroatoms. The maximum Gasteiger partial charge on any atom is 0.162 e. The van der Waals surface area contributed by atoms with E-state index in [9.17, 15) is 4.39 Å². The van der Waals surface area contributed by atoms with E-state index in [4.69, 9.17) is 21.4 Å². The second-order valence-electron chi connectivity index (χ2n) is 4.55. The van der Waals surface area contributed by atoms with Crippen LogP contribution in [0.2, 0.25) is 0 Å². The molecule has 1 aromatic carbocycles. The molecule has 1 aromatic heterocycles. The summed E-state index contributed by atoms with van der Waals surface area (Å²) in [6.07, 6.45) is 0. The smallest absolute Gasteiger partial charge is 0.162 e. The van der Waals surface area contributed by atoms with Crippen molar-refractivity contribution in [1.29, 1.82) is 0 Å². The van der Waals surface area contributed by atoms with Gasteiger partial charge in [-0.1, -0.05) is 24.4 Å². The van der Waals surface area contributed by atoms with Crippen LogP contribution in [0, 0.1) is 5.82 Å². The van der Waals surface area contributed by atoms with Crippen LogP contribution in [0.3, 0.4) is 0 Å². The first-order valence-corrected chi connectivity index (χ1v) is 6.88. The minimum Gasteiger partial charge on any atom is -0.454 e. The molecule has 0 atom stereocenters. The number of morpholine rings is 1. The molecule has 0 saturated carbocycles. The fraction of sp³-hybridized carbons (Fsp3) is 0.267. The van der Waals surface area contributed by atoms with Crippen LogP contribution in [0.25, 0.3) is 11.3 Å². The van der Waals surface area contributed by atoms with Crippen molar-refractivity contribution in [2.75, 3.05) is 26.3 Å². The maximum atomic E-state index is 13.7. The van der Waals surface area contributed by atoms with Crippen molar-refractivity contribution in [2.45, 2.75) is 0 Å². The first-order chi connectivity index (χ1) is 9.75. The van der Waals surface area contributed by atoms with E-state index < -0.39 is 0 Å². The van der Waals surface area contributed by atoms with Gasteiger partial charge in [0.25, 0.3) is 0 Å². The highest BCUT2D eigenvalue weighted by molar-refractivity contribution is 7.80. The standard InChI is InChI=1S/C15H14FNO2S/c16-12-4-2-1-3-11(12)13-5-6-14(19-13)15(20)17-7-9-18-10-8-17/h1-6H,7-10H2. The SMILES string of the molecule is Fc1ccccc1-c1ccc(C(=S)N2CCOCC2)o1. The number of nitrogens with zero attached hydrogens (tertiary/aromatic N) is 1. The second-order valence-corrected chi connectivity index (χ2v) is 4.94. The van der Waals surface area contributed by atoms with Crippen molar-refractivity contribution in [2.24, 2.45) is 0 Å². The minimum absolute atomic E-state index is 0.300. The Morgan fingerprint density at radius 1 is 1.10 bits per heavy atom. The quantitative estimate of drug-likeness (QED) is 0.794. The number of benzene rings is 1. The number of halogens is 1. The second kappa shape index (κ2) is 5.73. The number of ether oxygens (including phenoxy) is 1. The van der Waals surface area contributed by atoms with Crippen LogP contribution in [0.5, 0.6) is 0 Å². The number of furan rings is 1. The van der Waals surface area contributed by atoms with Crippen molar-refractivity contribution < 1.29 is 13.5 Å². The zero-order valence-electron chi connectivity index (χ0n) is 10.8. The molecule has 3 nitrogen and oxygen atoms in total. The zero-order chi connectivity index (χ0) is 13.9. The average molecular weight is 291 g/mol. The molecule has 0 spiro atoms. The van der Waals surface area contributed by atoms with Crippen LogP contribution in [0.15, 0.2) is 40.8 Å². The molecular formula is C15H14FNO2S. The van der Waals surface area contributed by atoms with Gasteiger partial charge in [-0.2, -0.15) is 0 Å². The Morgan fingerprint density at radius 2 is 1.85 bits per heavy atom. The molecule has 2 aromatic rings. The van der Waals surface area contributed by atoms with E-state index in [1.807, 2.05) is 4.90 Å². The fourth-order valence-corrected chi connectivity index (χ4v) is 2.47. The molecule has 1 aliphatic rings. The van der Waals surface area contributed by atoms with Gasteiger partial charge in [0.15, 0.2) is 5.76 Å². The van der Waals surface area contributed by atoms with Crippen molar-refractivity contribution in [3.05, 3.63) is 48.0 Å². The summed E-state index contributed by atoms with van der Waals surface area (Å²) in [5, 5.41) is 0. The molecule has 104 valence electrons. The molecule has 0 N–H and O–H groups in total. The normalized spacial score (nSPS) is 15.3. The lowest BCUT2D eigenvalue weighted by molar-refractivity contribution is 0.0688. The molecule has 0 radical (unpaired) electrons. The summed E-state index contributed by atoms with van der Waals surface area (Å²) in [7, 11) is 0. The molecule has 0 amide bonds. The van der Waals surface area contributed by atoms with Gasteiger partial charge in [0.1, 0.15) is 16.6 Å². The molecule has 0 unspecified atom stereocenters. The monoisotopic (exact) mass is 291 g/mol. The summed E-state index contributed by atoms with van der Waals surface area (Å²) < 4.78 is 24.7. The first-order valence-electron chi connectivity index (χ1n) is 6.47. The van der Waals surface area contributed by atoms with Crippen LogP contribution in [-0.2, 0) is 4.74 Å². The Kier molecular flexibility index (Phi) is 3.80. The Morgan fingerprint density at radius 3 is 2.60 bits per heavy atom. The topological polar surface area (TPSA) is 25.6 Å². The summed E-state index contributed by atoms with van der Waals surface area (Å²) in [4.78, 5) is 2.69. The predicted octanol–water partition coefficient (Wildman–Crippen LogP) is 3.09. The third-order valence-electron chi connectivity index (χ3n) is 3.25. The number of hydrogen-bond donors (Lipinski definition) is 0. The van der Waals surface area contributed by atoms with E-state index in [1.165, 1.54) is 6.07 Å². The van der Waals surface area contributed by atoms with Crippen molar-refractivity contribution in [1.82, 2.24) is 4.90 Å². The number of rotatable bonds is 2. The Hall–Kier alpha value is -1.72. The molecule has 1 aliphatic heterocycles. The van der Waals surface area contributed by atoms with Gasteiger partial charge >= 0.3 is 0 Å². The van der Waals surface area contributed by atoms with Gasteiger partial charge in [0.2, 0.25) is 0 Å². The summed E-state index contributed by atoms with van der Waals surface area (Å²) in [6, 6.07) is 10.1. The van der Waals surface area contributed by atoms with Gasteiger partial charge in [-0.05, 0) is 24.3 Å². The van der Waals surface area contributed by atoms with Crippen LogP contribution in [0.4, 0.5) is 4.39 Å². The van der Waals surface area contributed by atoms with Crippen LogP contribution in [0.1, 0.15) is 5.76 Å². The van der Waals surface area contributed by atoms with E-state index >= 15 is 0 Å². The van der Waals surface area contributed by atoms with E-state index in [0.29, 0.717) is 35.3 Å². The maximum absolute atomic E-state index is 13.7. The zero-order valence-corrected chi connectivity index (χ0v) is 11.7. The lowest BCUT2D eigenvalue weighted by Gasteiger charge is -2.28. The third kappa shape index (κ3) is 2.59. The van der Waals surface area contributed by atoms with E-state index in [1.54, 1.807) is 30.3 Å². The van der Waals surface area contributed by atoms with Crippen LogP contribution in [-0.4, -0.2) is 36.2 Å². The largest absolute Gasteiger partial charge is 0.454 e. The van der Waals surface area contributed by atoms with E-state index in [0.717, 1.165) is 13.1 Å². The summed E-state index contributed by atoms with van der Waals surface area (Å²) in [5.41, 5.74) is 0.448. The van der Waals surface area contributed by atoms with Gasteiger partial charge in [-0.3, -0.25) is 0 Å². The summed E-state index contributed by atoms with van der Waals surface area (Å²) >= 11 is 5.42. The first kappa shape index (κ1) is 13.3. The average Bonchev–Trinajstić information content (AvgIpc) is 2.97. The van der Waals surface area contributed by atoms with Gasteiger partial charge in [-0.15, -0.1) is 0 Å². The lowest BCUT2D eigenvalue weighted by atomic mass is 10.1. The fourth-order valence-electron chi connectivity index (χ4n) is 2.18. The van der Waals surface area contributed by atoms with Crippen LogP contribution < -0.4 is 0 Å². The molecule has 1 saturated heterocycles. The lowest BCUT2D eigenvalue weighted by Crippen LogP contribution is -2.40. The van der Waals surface area contributed by atoms with Gasteiger partial charge in [-0.25, -0.2) is 4.39 Å². The van der Waals surface area contributed by atoms with Crippen molar-refractivity contribution >= 4 is 17.2 Å². The number of hydrogen-bond acceptors (Lipinski definition) is 3. The molecule has 1 fully saturated rings. The van der Waals surface area contributed by atoms with Crippen LogP contribution >= 0.6 is 12.2 Å². The Balaban J connectivity index is 1.83. The Labute approximate surface area is 121 Å². The highest BCUT2D eigenvalue weighted by Crippen LogP contribution is 2.25. The summed E-state index contributed by atoms with van der Waals surface area (Å²) in [6.45, 7) is 2.85. The highest BCUT2D eigenvalue weighted by Gasteiger charge is 2.18. The molecule has 2 heterocycles. The summed E-state index contributed by atoms with van der Waals surface area (Å²) in [5.74, 6) is 0.791. The highest BCUT2D eigenvalue weighted by atomic mass is 32.1. The van der Waals surface area contributed by atoms with Crippen molar-refractivity contribution in [3.63, 3.8) is 0 Å². The van der Waals surface area contributed by atoms with Crippen molar-refractivity contribution in [3.8, 4) is 11.3 Å². The molecular weight excluding hydrogens is 277 g/mol. The number of thiocarbonyl (C=S) groups is 1. The van der Waals surface area contributed by atoms with E-state index in [2.05, 4.69) is 0 Å². The van der Waals surface area contributed by atoms with Gasteiger partial charge in [0, 0.05) is 13.1 Å². The predicted molar refractivity (Wildman–Crippen MR) is 78.2 cm³/mol. The van der Waals surface area contributed by atoms with Gasteiger partial charge in [0.05, 0.1) is 18.8 Å². The molecule has 0 bridgehead atoms. The third-order valence-corrected chi connectivity index (χ3v) is 3.71. The minimum atomic E-state index is -0.300. The molecule has 3 rings (SSSR count).